The van der Waals surface area contributed by atoms with E-state index in [0.717, 1.165) is 55.4 Å². The Morgan fingerprint density at radius 2 is 0.734 bits per heavy atom. The van der Waals surface area contributed by atoms with Gasteiger partial charge in [0.1, 0.15) is 0 Å². The third-order valence-corrected chi connectivity index (χ3v) is 12.3. The molecule has 0 atom stereocenters. The fourth-order valence-corrected chi connectivity index (χ4v) is 9.25. The molecule has 4 nitrogen and oxygen atoms in total. The van der Waals surface area contributed by atoms with Gasteiger partial charge in [0, 0.05) is 33.8 Å². The van der Waals surface area contributed by atoms with Crippen LogP contribution < -0.4 is 0 Å². The van der Waals surface area contributed by atoms with Crippen LogP contribution in [0.25, 0.3) is 122 Å². The molecular weight excluding hydrogens is 777 g/mol. The average molecular weight is 815 g/mol. The second kappa shape index (κ2) is 15.7. The first-order chi connectivity index (χ1) is 31.7. The minimum atomic E-state index is 0.615. The number of hydrogen-bond acceptors (Lipinski definition) is 4. The lowest BCUT2D eigenvalue weighted by atomic mass is 9.86. The lowest BCUT2D eigenvalue weighted by molar-refractivity contribution is 1.07. The highest BCUT2D eigenvalue weighted by Gasteiger charge is 2.18. The number of fused-ring (bicyclic) bond motifs is 7. The number of para-hydroxylation sites is 1. The number of pyridine rings is 1. The van der Waals surface area contributed by atoms with E-state index in [-0.39, 0.29) is 0 Å². The molecule has 298 valence electrons. The van der Waals surface area contributed by atoms with Crippen LogP contribution in [0.3, 0.4) is 0 Å². The zero-order valence-electron chi connectivity index (χ0n) is 34.7. The van der Waals surface area contributed by atoms with Crippen LogP contribution in [0.4, 0.5) is 0 Å². The zero-order chi connectivity index (χ0) is 42.4. The number of rotatable bonds is 7. The molecule has 0 aliphatic carbocycles. The second-order valence-corrected chi connectivity index (χ2v) is 16.2. The van der Waals surface area contributed by atoms with Gasteiger partial charge in [-0.3, -0.25) is 4.98 Å². The summed E-state index contributed by atoms with van der Waals surface area (Å²) in [6.07, 6.45) is 1.85. The Bertz CT molecular complexity index is 3710. The summed E-state index contributed by atoms with van der Waals surface area (Å²) in [6, 6.07) is 79.5. The van der Waals surface area contributed by atoms with E-state index in [1.54, 1.807) is 0 Å². The van der Waals surface area contributed by atoms with Gasteiger partial charge in [-0.1, -0.05) is 194 Å². The molecule has 0 bridgehead atoms. The summed E-state index contributed by atoms with van der Waals surface area (Å²) < 4.78 is 0. The topological polar surface area (TPSA) is 51.6 Å². The Morgan fingerprint density at radius 3 is 1.44 bits per heavy atom. The molecule has 0 aliphatic heterocycles. The molecule has 0 aliphatic rings. The van der Waals surface area contributed by atoms with Crippen molar-refractivity contribution in [3.63, 3.8) is 0 Å². The molecule has 0 spiro atoms. The predicted octanol–water partition coefficient (Wildman–Crippen LogP) is 15.5. The van der Waals surface area contributed by atoms with E-state index in [1.165, 1.54) is 49.0 Å². The molecule has 0 saturated carbocycles. The fourth-order valence-electron chi connectivity index (χ4n) is 9.25. The maximum absolute atomic E-state index is 5.14. The van der Waals surface area contributed by atoms with E-state index in [9.17, 15) is 0 Å². The molecule has 0 saturated heterocycles. The van der Waals surface area contributed by atoms with Gasteiger partial charge in [0.25, 0.3) is 0 Å². The molecule has 0 radical (unpaired) electrons. The summed E-state index contributed by atoms with van der Waals surface area (Å²) in [7, 11) is 0. The van der Waals surface area contributed by atoms with Crippen molar-refractivity contribution in [1.82, 2.24) is 19.9 Å². The SMILES string of the molecule is c1ccc(-c2cc(-c3cccc(-c4cccc(-c5nc(-c6ccccc6)nc(-c6ccc(-c7cccc8cccnc78)cc6)n5)c4)c3)c3c4ccccc4c4ccccc4c3c2)cc1. The van der Waals surface area contributed by atoms with Gasteiger partial charge < -0.3 is 0 Å². The maximum Gasteiger partial charge on any atom is 0.164 e. The standard InChI is InChI=1S/C60H38N4/c1-3-15-39(16-4-1)48-37-54(56-53-28-10-9-26-51(53)50-25-7-8-27-52(50)55(56)38-48)46-22-11-20-44(35-46)45-21-12-23-47(36-45)60-63-58(42-17-5-2-6-18-42)62-59(64-60)43-32-30-40(31-33-43)49-29-13-19-41-24-14-34-61-57(41)49/h1-38H. The van der Waals surface area contributed by atoms with Crippen LogP contribution in [-0.2, 0) is 0 Å². The van der Waals surface area contributed by atoms with Gasteiger partial charge >= 0.3 is 0 Å². The lowest BCUT2D eigenvalue weighted by Gasteiger charge is -2.17. The average Bonchev–Trinajstić information content (AvgIpc) is 3.38. The van der Waals surface area contributed by atoms with Crippen molar-refractivity contribution in [3.05, 3.63) is 231 Å². The molecule has 2 heterocycles. The third-order valence-electron chi connectivity index (χ3n) is 12.3. The number of benzene rings is 10. The van der Waals surface area contributed by atoms with Gasteiger partial charge in [-0.15, -0.1) is 0 Å². The number of nitrogens with zero attached hydrogens (tertiary/aromatic N) is 4. The summed E-state index contributed by atoms with van der Waals surface area (Å²) in [5.41, 5.74) is 12.8. The molecule has 0 unspecified atom stereocenters. The summed E-state index contributed by atoms with van der Waals surface area (Å²) in [6.45, 7) is 0. The Morgan fingerprint density at radius 1 is 0.250 bits per heavy atom. The highest BCUT2D eigenvalue weighted by Crippen LogP contribution is 2.43. The van der Waals surface area contributed by atoms with Gasteiger partial charge in [0.2, 0.25) is 0 Å². The van der Waals surface area contributed by atoms with Crippen molar-refractivity contribution < 1.29 is 0 Å². The van der Waals surface area contributed by atoms with Gasteiger partial charge in [0.05, 0.1) is 5.52 Å². The summed E-state index contributed by atoms with van der Waals surface area (Å²) in [5, 5.41) is 8.64. The van der Waals surface area contributed by atoms with Crippen molar-refractivity contribution in [2.45, 2.75) is 0 Å². The van der Waals surface area contributed by atoms with E-state index >= 15 is 0 Å². The van der Waals surface area contributed by atoms with Crippen LogP contribution in [0, 0.1) is 0 Å². The first-order valence-electron chi connectivity index (χ1n) is 21.6. The summed E-state index contributed by atoms with van der Waals surface area (Å²) >= 11 is 0. The van der Waals surface area contributed by atoms with Gasteiger partial charge in [-0.05, 0) is 102 Å². The van der Waals surface area contributed by atoms with E-state index < -0.39 is 0 Å². The van der Waals surface area contributed by atoms with Crippen molar-refractivity contribution in [2.24, 2.45) is 0 Å². The van der Waals surface area contributed by atoms with E-state index in [1.807, 2.05) is 42.6 Å². The van der Waals surface area contributed by atoms with Crippen molar-refractivity contribution in [3.8, 4) is 78.7 Å². The normalized spacial score (nSPS) is 11.4. The molecule has 4 heteroatoms. The molecule has 12 aromatic rings. The quantitative estimate of drug-likeness (QED) is 0.150. The minimum absolute atomic E-state index is 0.615. The van der Waals surface area contributed by atoms with Crippen LogP contribution in [0.5, 0.6) is 0 Å². The second-order valence-electron chi connectivity index (χ2n) is 16.2. The third kappa shape index (κ3) is 6.66. The molecule has 10 aromatic carbocycles. The highest BCUT2D eigenvalue weighted by atomic mass is 15.0. The first kappa shape index (κ1) is 37.2. The van der Waals surface area contributed by atoms with Crippen LogP contribution in [0.15, 0.2) is 231 Å². The van der Waals surface area contributed by atoms with Gasteiger partial charge in [-0.2, -0.15) is 0 Å². The summed E-state index contributed by atoms with van der Waals surface area (Å²) in [5.74, 6) is 1.85. The summed E-state index contributed by atoms with van der Waals surface area (Å²) in [4.78, 5) is 20.0. The lowest BCUT2D eigenvalue weighted by Crippen LogP contribution is -2.00. The molecule has 64 heavy (non-hydrogen) atoms. The van der Waals surface area contributed by atoms with Gasteiger partial charge in [0.15, 0.2) is 17.5 Å². The van der Waals surface area contributed by atoms with Crippen LogP contribution in [0.2, 0.25) is 0 Å². The molecule has 0 N–H and O–H groups in total. The molecule has 12 rings (SSSR count). The van der Waals surface area contributed by atoms with E-state index in [4.69, 9.17) is 19.9 Å². The smallest absolute Gasteiger partial charge is 0.164 e. The zero-order valence-corrected chi connectivity index (χ0v) is 34.7. The Hall–Kier alpha value is -8.60. The van der Waals surface area contributed by atoms with Crippen molar-refractivity contribution >= 4 is 43.2 Å². The predicted molar refractivity (Wildman–Crippen MR) is 266 cm³/mol. The van der Waals surface area contributed by atoms with Gasteiger partial charge in [-0.25, -0.2) is 15.0 Å². The Labute approximate surface area is 370 Å². The largest absolute Gasteiger partial charge is 0.256 e. The molecular formula is C60H38N4. The molecule has 2 aromatic heterocycles. The van der Waals surface area contributed by atoms with Crippen LogP contribution in [0.1, 0.15) is 0 Å². The monoisotopic (exact) mass is 814 g/mol. The van der Waals surface area contributed by atoms with Crippen molar-refractivity contribution in [2.75, 3.05) is 0 Å². The molecule has 0 amide bonds. The highest BCUT2D eigenvalue weighted by molar-refractivity contribution is 6.29. The minimum Gasteiger partial charge on any atom is -0.256 e. The maximum atomic E-state index is 5.14. The van der Waals surface area contributed by atoms with Crippen LogP contribution in [-0.4, -0.2) is 19.9 Å². The Kier molecular flexibility index (Phi) is 9.12. The van der Waals surface area contributed by atoms with E-state index in [2.05, 4.69) is 188 Å². The molecule has 0 fully saturated rings. The number of hydrogen-bond donors (Lipinski definition) is 0. The first-order valence-corrected chi connectivity index (χ1v) is 21.6. The fraction of sp³-hybridized carbons (Fsp3) is 0. The van der Waals surface area contributed by atoms with E-state index in [0.29, 0.717) is 17.5 Å². The van der Waals surface area contributed by atoms with Crippen LogP contribution >= 0.6 is 0 Å². The Balaban J connectivity index is 0.978. The number of aromatic nitrogens is 4. The van der Waals surface area contributed by atoms with Crippen molar-refractivity contribution in [1.29, 1.82) is 0 Å².